The van der Waals surface area contributed by atoms with Crippen molar-refractivity contribution in [3.63, 3.8) is 0 Å². The predicted octanol–water partition coefficient (Wildman–Crippen LogP) is 3.86. The molecule has 0 unspecified atom stereocenters. The highest BCUT2D eigenvalue weighted by Gasteiger charge is 2.06. The highest BCUT2D eigenvalue weighted by molar-refractivity contribution is 14.1. The van der Waals surface area contributed by atoms with E-state index in [9.17, 15) is 5.11 Å². The first-order valence-corrected chi connectivity index (χ1v) is 5.52. The van der Waals surface area contributed by atoms with E-state index in [-0.39, 0.29) is 5.75 Å². The maximum Gasteiger partial charge on any atom is 0.142 e. The van der Waals surface area contributed by atoms with Crippen molar-refractivity contribution in [3.05, 3.63) is 26.1 Å². The van der Waals surface area contributed by atoms with Crippen molar-refractivity contribution in [2.45, 2.75) is 0 Å². The third kappa shape index (κ3) is 1.30. The van der Waals surface area contributed by atoms with Gasteiger partial charge in [0.05, 0.1) is 7.91 Å². The lowest BCUT2D eigenvalue weighted by molar-refractivity contribution is 0.482. The van der Waals surface area contributed by atoms with Crippen molar-refractivity contribution in [2.24, 2.45) is 0 Å². The van der Waals surface area contributed by atoms with Crippen molar-refractivity contribution >= 4 is 55.6 Å². The molecule has 0 saturated carbocycles. The van der Waals surface area contributed by atoms with Crippen molar-refractivity contribution < 1.29 is 5.11 Å². The van der Waals surface area contributed by atoms with Crippen LogP contribution in [-0.2, 0) is 0 Å². The molecule has 0 fully saturated rings. The molecule has 1 nitrogen and oxygen atoms in total. The highest BCUT2D eigenvalue weighted by atomic mass is 127. The quantitative estimate of drug-likeness (QED) is 0.733. The summed E-state index contributed by atoms with van der Waals surface area (Å²) >= 11 is 9.62. The molecule has 62 valence electrons. The zero-order valence-electron chi connectivity index (χ0n) is 5.84. The molecule has 0 aliphatic carbocycles. The minimum atomic E-state index is 0.188. The van der Waals surface area contributed by atoms with Crippen LogP contribution >= 0.6 is 45.5 Å². The summed E-state index contributed by atoms with van der Waals surface area (Å²) in [6.45, 7) is 0. The van der Waals surface area contributed by atoms with E-state index in [0.29, 0.717) is 5.02 Å². The Bertz CT molecular complexity index is 438. The van der Waals surface area contributed by atoms with Crippen LogP contribution in [0.5, 0.6) is 5.75 Å². The molecule has 0 aliphatic heterocycles. The van der Waals surface area contributed by atoms with Crippen LogP contribution in [0.3, 0.4) is 0 Å². The topological polar surface area (TPSA) is 20.2 Å². The largest absolute Gasteiger partial charge is 0.506 e. The molecule has 2 aromatic rings. The summed E-state index contributed by atoms with van der Waals surface area (Å²) in [7, 11) is 0. The van der Waals surface area contributed by atoms with E-state index in [1.54, 1.807) is 17.4 Å². The van der Waals surface area contributed by atoms with Crippen molar-refractivity contribution in [1.82, 2.24) is 0 Å². The fourth-order valence-electron chi connectivity index (χ4n) is 1.04. The normalized spacial score (nSPS) is 10.8. The van der Waals surface area contributed by atoms with Crippen LogP contribution in [0, 0.1) is 2.88 Å². The number of aromatic hydroxyl groups is 1. The van der Waals surface area contributed by atoms with Crippen LogP contribution < -0.4 is 0 Å². The molecule has 12 heavy (non-hydrogen) atoms. The van der Waals surface area contributed by atoms with Gasteiger partial charge < -0.3 is 5.11 Å². The molecule has 0 saturated heterocycles. The van der Waals surface area contributed by atoms with Gasteiger partial charge in [-0.15, -0.1) is 11.3 Å². The zero-order valence-corrected chi connectivity index (χ0v) is 9.57. The molecule has 1 N–H and O–H groups in total. The van der Waals surface area contributed by atoms with Gasteiger partial charge in [-0.1, -0.05) is 11.6 Å². The summed E-state index contributed by atoms with van der Waals surface area (Å²) in [6, 6.07) is 5.57. The molecule has 2 rings (SSSR count). The predicted molar refractivity (Wildman–Crippen MR) is 61.2 cm³/mol. The summed E-state index contributed by atoms with van der Waals surface area (Å²) < 4.78 is 2.22. The molecule has 1 heterocycles. The van der Waals surface area contributed by atoms with Gasteiger partial charge in [0.15, 0.2) is 0 Å². The number of rotatable bonds is 0. The SMILES string of the molecule is Oc1c(Cl)ccc2sc(I)cc12. The third-order valence-electron chi connectivity index (χ3n) is 1.59. The van der Waals surface area contributed by atoms with Crippen molar-refractivity contribution in [2.75, 3.05) is 0 Å². The van der Waals surface area contributed by atoms with Crippen LogP contribution in [0.15, 0.2) is 18.2 Å². The van der Waals surface area contributed by atoms with E-state index in [2.05, 4.69) is 22.6 Å². The molecule has 1 aromatic carbocycles. The average Bonchev–Trinajstić information content (AvgIpc) is 2.39. The van der Waals surface area contributed by atoms with E-state index in [1.807, 2.05) is 12.1 Å². The Labute approximate surface area is 92.1 Å². The van der Waals surface area contributed by atoms with Gasteiger partial charge in [-0.3, -0.25) is 0 Å². The maximum absolute atomic E-state index is 9.54. The molecule has 0 atom stereocenters. The molecule has 0 bridgehead atoms. The number of hydrogen-bond acceptors (Lipinski definition) is 2. The van der Waals surface area contributed by atoms with Crippen LogP contribution in [0.4, 0.5) is 0 Å². The monoisotopic (exact) mass is 310 g/mol. The standard InChI is InChI=1S/C8H4ClIOS/c9-5-1-2-6-4(8(5)11)3-7(10)12-6/h1-3,11H. The Morgan fingerprint density at radius 1 is 1.42 bits per heavy atom. The lowest BCUT2D eigenvalue weighted by Gasteiger charge is -1.95. The fourth-order valence-corrected chi connectivity index (χ4v) is 3.02. The lowest BCUT2D eigenvalue weighted by Crippen LogP contribution is -1.67. The second kappa shape index (κ2) is 3.05. The fraction of sp³-hybridized carbons (Fsp3) is 0. The Kier molecular flexibility index (Phi) is 2.18. The molecule has 1 aromatic heterocycles. The second-order valence-corrected chi connectivity index (χ2v) is 5.74. The van der Waals surface area contributed by atoms with Gasteiger partial charge in [-0.25, -0.2) is 0 Å². The Hall–Kier alpha value is -0.000000000000000111. The van der Waals surface area contributed by atoms with Gasteiger partial charge in [-0.2, -0.15) is 0 Å². The summed E-state index contributed by atoms with van der Waals surface area (Å²) in [5, 5.41) is 10.8. The zero-order chi connectivity index (χ0) is 8.72. The van der Waals surface area contributed by atoms with Crippen LogP contribution in [0.1, 0.15) is 0 Å². The summed E-state index contributed by atoms with van der Waals surface area (Å²) in [6.07, 6.45) is 0. The molecule has 0 amide bonds. The van der Waals surface area contributed by atoms with Gasteiger partial charge >= 0.3 is 0 Å². The van der Waals surface area contributed by atoms with Gasteiger partial charge in [0.1, 0.15) is 5.75 Å². The molecular weight excluding hydrogens is 307 g/mol. The third-order valence-corrected chi connectivity index (χ3v) is 3.76. The number of phenols is 1. The van der Waals surface area contributed by atoms with E-state index >= 15 is 0 Å². The van der Waals surface area contributed by atoms with Crippen molar-refractivity contribution in [3.8, 4) is 5.75 Å². The van der Waals surface area contributed by atoms with Gasteiger partial charge in [0.2, 0.25) is 0 Å². The van der Waals surface area contributed by atoms with Gasteiger partial charge in [0, 0.05) is 10.1 Å². The van der Waals surface area contributed by atoms with E-state index in [4.69, 9.17) is 11.6 Å². The number of benzene rings is 1. The maximum atomic E-state index is 9.54. The Morgan fingerprint density at radius 3 is 2.92 bits per heavy atom. The van der Waals surface area contributed by atoms with E-state index < -0.39 is 0 Å². The number of thiophene rings is 1. The Morgan fingerprint density at radius 2 is 2.17 bits per heavy atom. The molecule has 0 aliphatic rings. The highest BCUT2D eigenvalue weighted by Crippen LogP contribution is 2.37. The first kappa shape index (κ1) is 8.59. The first-order chi connectivity index (χ1) is 5.68. The van der Waals surface area contributed by atoms with Crippen LogP contribution in [0.25, 0.3) is 10.1 Å². The molecular formula is C8H4ClIOS. The van der Waals surface area contributed by atoms with Crippen molar-refractivity contribution in [1.29, 1.82) is 0 Å². The van der Waals surface area contributed by atoms with Crippen LogP contribution in [-0.4, -0.2) is 5.11 Å². The van der Waals surface area contributed by atoms with E-state index in [0.717, 1.165) is 13.0 Å². The lowest BCUT2D eigenvalue weighted by atomic mass is 10.2. The minimum absolute atomic E-state index is 0.188. The van der Waals surface area contributed by atoms with Crippen LogP contribution in [0.2, 0.25) is 5.02 Å². The minimum Gasteiger partial charge on any atom is -0.506 e. The second-order valence-electron chi connectivity index (χ2n) is 2.36. The molecule has 0 radical (unpaired) electrons. The average molecular weight is 311 g/mol. The summed E-state index contributed by atoms with van der Waals surface area (Å²) in [5.74, 6) is 0.188. The summed E-state index contributed by atoms with van der Waals surface area (Å²) in [5.41, 5.74) is 0. The number of halogens is 2. The first-order valence-electron chi connectivity index (χ1n) is 3.25. The Balaban J connectivity index is 2.89. The summed E-state index contributed by atoms with van der Waals surface area (Å²) in [4.78, 5) is 0. The van der Waals surface area contributed by atoms with Gasteiger partial charge in [0.25, 0.3) is 0 Å². The number of fused-ring (bicyclic) bond motifs is 1. The van der Waals surface area contributed by atoms with E-state index in [1.165, 1.54) is 0 Å². The number of hydrogen-bond donors (Lipinski definition) is 1. The smallest absolute Gasteiger partial charge is 0.142 e. The number of phenolic OH excluding ortho intramolecular Hbond substituents is 1. The van der Waals surface area contributed by atoms with Gasteiger partial charge in [-0.05, 0) is 40.8 Å². The molecule has 0 spiro atoms. The molecule has 4 heteroatoms.